The first kappa shape index (κ1) is 34.2. The highest BCUT2D eigenvalue weighted by molar-refractivity contribution is 7.90. The third-order valence-corrected chi connectivity index (χ3v) is 14.4. The number of benzene rings is 1. The summed E-state index contributed by atoms with van der Waals surface area (Å²) >= 11 is 0. The summed E-state index contributed by atoms with van der Waals surface area (Å²) in [4.78, 5) is 23.0. The molecule has 0 bridgehead atoms. The van der Waals surface area contributed by atoms with E-state index in [1.807, 2.05) is 40.8 Å². The van der Waals surface area contributed by atoms with Crippen molar-refractivity contribution in [2.75, 3.05) is 32.4 Å². The second-order valence-corrected chi connectivity index (χ2v) is 18.9. The zero-order valence-electron chi connectivity index (χ0n) is 26.4. The molecule has 1 aliphatic rings. The van der Waals surface area contributed by atoms with Crippen LogP contribution in [0.4, 0.5) is 5.69 Å². The Morgan fingerprint density at radius 3 is 2.16 bits per heavy atom. The number of carbonyl (C=O) groups excluding carboxylic acids is 1. The zero-order valence-corrected chi connectivity index (χ0v) is 28.2. The fraction of sp³-hybridized carbons (Fsp3) is 0.571. The molecule has 1 saturated heterocycles. The van der Waals surface area contributed by atoms with Crippen molar-refractivity contribution in [2.45, 2.75) is 70.5 Å². The maximum Gasteiger partial charge on any atom is 0.261 e. The first-order chi connectivity index (χ1) is 20.0. The van der Waals surface area contributed by atoms with Crippen molar-refractivity contribution in [2.24, 2.45) is 11.7 Å². The van der Waals surface area contributed by atoms with Gasteiger partial charge in [0.05, 0.1) is 26.7 Å². The minimum atomic E-state index is -4.69. The molecule has 2 heterocycles. The number of methoxy groups -OCH3 is 2. The molecule has 13 nitrogen and oxygen atoms in total. The van der Waals surface area contributed by atoms with E-state index in [4.69, 9.17) is 29.8 Å². The molecule has 0 spiro atoms. The van der Waals surface area contributed by atoms with Gasteiger partial charge in [0.2, 0.25) is 5.96 Å². The van der Waals surface area contributed by atoms with Gasteiger partial charge in [-0.05, 0) is 56.1 Å². The number of hydrogen-bond donors (Lipinski definition) is 2. The van der Waals surface area contributed by atoms with Crippen LogP contribution in [0.1, 0.15) is 51.6 Å². The first-order valence-electron chi connectivity index (χ1n) is 13.9. The monoisotopic (exact) mass is 636 g/mol. The predicted molar refractivity (Wildman–Crippen MR) is 166 cm³/mol. The Kier molecular flexibility index (Phi) is 10.5. The van der Waals surface area contributed by atoms with Gasteiger partial charge in [-0.1, -0.05) is 26.8 Å². The normalized spacial score (nSPS) is 17.2. The van der Waals surface area contributed by atoms with Gasteiger partial charge in [-0.25, -0.2) is 18.4 Å². The lowest BCUT2D eigenvalue weighted by molar-refractivity contribution is -0.123. The fourth-order valence-electron chi connectivity index (χ4n) is 4.31. The number of ether oxygens (including phenoxy) is 3. The molecule has 1 aliphatic heterocycles. The summed E-state index contributed by atoms with van der Waals surface area (Å²) in [7, 11) is -4.55. The summed E-state index contributed by atoms with van der Waals surface area (Å²) in [5.74, 6) is -1.84. The quantitative estimate of drug-likeness (QED) is 0.169. The first-order valence-corrected chi connectivity index (χ1v) is 18.4. The number of para-hydroxylation sites is 1. The lowest BCUT2D eigenvalue weighted by Crippen LogP contribution is -2.60. The molecule has 1 fully saturated rings. The van der Waals surface area contributed by atoms with Crippen LogP contribution in [0.2, 0.25) is 18.1 Å². The minimum Gasteiger partial charge on any atom is -0.494 e. The van der Waals surface area contributed by atoms with Crippen LogP contribution in [0.3, 0.4) is 0 Å². The summed E-state index contributed by atoms with van der Waals surface area (Å²) in [5, 5.41) is 7.68. The average Bonchev–Trinajstić information content (AvgIpc) is 3.48. The van der Waals surface area contributed by atoms with Crippen LogP contribution < -0.4 is 20.2 Å². The second-order valence-electron chi connectivity index (χ2n) is 12.0. The minimum absolute atomic E-state index is 0.0242. The van der Waals surface area contributed by atoms with E-state index < -0.39 is 47.5 Å². The van der Waals surface area contributed by atoms with E-state index in [0.29, 0.717) is 17.4 Å². The molecule has 1 amide bonds. The third-order valence-electron chi connectivity index (χ3n) is 7.91. The van der Waals surface area contributed by atoms with Crippen molar-refractivity contribution in [3.05, 3.63) is 42.0 Å². The highest BCUT2D eigenvalue weighted by atomic mass is 32.2. The van der Waals surface area contributed by atoms with Crippen LogP contribution in [0, 0.1) is 18.3 Å². The number of nitrogens with one attached hydrogen (secondary N) is 1. The number of nitrogens with two attached hydrogens (primary N) is 1. The summed E-state index contributed by atoms with van der Waals surface area (Å²) in [5.41, 5.74) is 6.80. The van der Waals surface area contributed by atoms with E-state index in [-0.39, 0.29) is 34.7 Å². The van der Waals surface area contributed by atoms with E-state index in [1.54, 1.807) is 30.6 Å². The van der Waals surface area contributed by atoms with Crippen LogP contribution in [-0.4, -0.2) is 75.7 Å². The summed E-state index contributed by atoms with van der Waals surface area (Å²) < 4.78 is 53.1. The van der Waals surface area contributed by atoms with Gasteiger partial charge in [0.1, 0.15) is 22.9 Å². The van der Waals surface area contributed by atoms with Crippen molar-refractivity contribution in [3.63, 3.8) is 0 Å². The molecule has 3 atom stereocenters. The van der Waals surface area contributed by atoms with Gasteiger partial charge in [0, 0.05) is 19.0 Å². The highest BCUT2D eigenvalue weighted by Crippen LogP contribution is 2.43. The number of guanidine groups is 1. The number of rotatable bonds is 10. The lowest BCUT2D eigenvalue weighted by Gasteiger charge is -2.42. The van der Waals surface area contributed by atoms with Gasteiger partial charge in [0.25, 0.3) is 15.9 Å². The Morgan fingerprint density at radius 1 is 1.16 bits per heavy atom. The molecule has 43 heavy (non-hydrogen) atoms. The van der Waals surface area contributed by atoms with Gasteiger partial charge in [-0.3, -0.25) is 10.2 Å². The number of anilines is 1. The Hall–Kier alpha value is -3.27. The SMILES string of the molecule is COc1cccc(OC)c1N(C(=O)[C@@H]1CCOC1)N(C(=N)N)S(=O)(=O)[C@@H](C)[C@H](O[Si](C)(C)C(C)(C)C)c1ncc(C)cn1. The van der Waals surface area contributed by atoms with Crippen molar-refractivity contribution < 1.29 is 31.8 Å². The molecule has 0 saturated carbocycles. The molecule has 0 aliphatic carbocycles. The second kappa shape index (κ2) is 13.2. The molecule has 3 N–H and O–H groups in total. The van der Waals surface area contributed by atoms with Crippen LogP contribution in [-0.2, 0) is 24.0 Å². The zero-order chi connectivity index (χ0) is 32.3. The number of aryl methyl sites for hydroxylation is 1. The summed E-state index contributed by atoms with van der Waals surface area (Å²) in [6, 6.07) is 4.75. The number of nitrogens with zero attached hydrogens (tertiary/aromatic N) is 4. The largest absolute Gasteiger partial charge is 0.494 e. The van der Waals surface area contributed by atoms with Gasteiger partial charge in [0.15, 0.2) is 19.8 Å². The van der Waals surface area contributed by atoms with Gasteiger partial charge < -0.3 is 24.4 Å². The van der Waals surface area contributed by atoms with E-state index in [1.165, 1.54) is 21.1 Å². The molecule has 2 aromatic rings. The maximum atomic E-state index is 14.7. The van der Waals surface area contributed by atoms with Crippen molar-refractivity contribution >= 4 is 35.9 Å². The number of carbonyl (C=O) groups is 1. The predicted octanol–water partition coefficient (Wildman–Crippen LogP) is 3.76. The lowest BCUT2D eigenvalue weighted by atomic mass is 10.1. The van der Waals surface area contributed by atoms with Crippen LogP contribution in [0.5, 0.6) is 11.5 Å². The van der Waals surface area contributed by atoms with Crippen LogP contribution in [0.15, 0.2) is 30.6 Å². The van der Waals surface area contributed by atoms with E-state index in [0.717, 1.165) is 10.6 Å². The van der Waals surface area contributed by atoms with E-state index >= 15 is 0 Å². The molecular formula is C28H44N6O7SSi. The smallest absolute Gasteiger partial charge is 0.261 e. The maximum absolute atomic E-state index is 14.7. The fourth-order valence-corrected chi connectivity index (χ4v) is 7.17. The molecular weight excluding hydrogens is 592 g/mol. The van der Waals surface area contributed by atoms with E-state index in [2.05, 4.69) is 9.97 Å². The molecule has 0 radical (unpaired) electrons. The van der Waals surface area contributed by atoms with Crippen LogP contribution in [0.25, 0.3) is 0 Å². The Bertz CT molecular complexity index is 1390. The van der Waals surface area contributed by atoms with Crippen molar-refractivity contribution in [1.29, 1.82) is 5.41 Å². The van der Waals surface area contributed by atoms with Crippen molar-refractivity contribution in [1.82, 2.24) is 14.4 Å². The number of hydrazine groups is 1. The molecule has 1 aromatic heterocycles. The number of aromatic nitrogens is 2. The standard InChI is InChI=1S/C28H44N6O7SSi/c1-18-15-31-25(32-16-18)24(41-43(8,9)28(3,4)5)19(2)42(36,37)34(27(29)30)33(26(35)20-13-14-40-17-20)23-21(38-6)11-10-12-22(23)39-7/h10-12,15-16,19-20,24H,13-14,17H2,1-9H3,(H3,29,30)/t19-,20+,24-/m0/s1. The average molecular weight is 637 g/mol. The molecule has 238 valence electrons. The Balaban J connectivity index is 2.26. The Morgan fingerprint density at radius 2 is 1.72 bits per heavy atom. The van der Waals surface area contributed by atoms with Gasteiger partial charge >= 0.3 is 0 Å². The summed E-state index contributed by atoms with van der Waals surface area (Å²) in [6.07, 6.45) is 2.37. The molecule has 1 aromatic carbocycles. The number of hydrogen-bond acceptors (Lipinski definition) is 10. The highest BCUT2D eigenvalue weighted by Gasteiger charge is 2.49. The molecule has 3 rings (SSSR count). The van der Waals surface area contributed by atoms with Crippen LogP contribution >= 0.6 is 0 Å². The molecule has 0 unspecified atom stereocenters. The third kappa shape index (κ3) is 7.11. The van der Waals surface area contributed by atoms with E-state index in [9.17, 15) is 13.2 Å². The summed E-state index contributed by atoms with van der Waals surface area (Å²) in [6.45, 7) is 13.7. The number of amides is 1. The Labute approximate surface area is 255 Å². The van der Waals surface area contributed by atoms with Crippen molar-refractivity contribution in [3.8, 4) is 11.5 Å². The topological polar surface area (TPSA) is 170 Å². The van der Waals surface area contributed by atoms with Gasteiger partial charge in [-0.2, -0.15) is 5.01 Å². The number of sulfonamides is 1. The molecule has 15 heteroatoms. The van der Waals surface area contributed by atoms with Gasteiger partial charge in [-0.15, -0.1) is 4.41 Å².